The van der Waals surface area contributed by atoms with Crippen molar-refractivity contribution >= 4 is 35.3 Å². The van der Waals surface area contributed by atoms with Gasteiger partial charge in [-0.15, -0.1) is 0 Å². The van der Waals surface area contributed by atoms with E-state index < -0.39 is 51.5 Å². The minimum absolute atomic E-state index is 0.0336. The SMILES string of the molecule is COc1cc(/C=C2\C(=O)NC(=O)N(c3ccc(O)cc3)C2=O)ccc1Oc1ccc(C(F)(F)F)cc1[N+](=O)[O-]. The average Bonchev–Trinajstić information content (AvgIpc) is 2.87. The number of rotatable bonds is 6. The zero-order valence-corrected chi connectivity index (χ0v) is 19.7. The summed E-state index contributed by atoms with van der Waals surface area (Å²) in [7, 11) is 1.23. The van der Waals surface area contributed by atoms with Crippen LogP contribution in [0.1, 0.15) is 11.1 Å². The van der Waals surface area contributed by atoms with Crippen LogP contribution in [-0.4, -0.2) is 35.0 Å². The number of phenols is 1. The second-order valence-electron chi connectivity index (χ2n) is 7.92. The topological polar surface area (TPSA) is 148 Å². The molecule has 1 saturated heterocycles. The number of carbonyl (C=O) groups is 3. The molecule has 0 radical (unpaired) electrons. The fraction of sp³-hybridized carbons (Fsp3) is 0.0800. The Kier molecular flexibility index (Phi) is 6.95. The zero-order chi connectivity index (χ0) is 28.5. The number of amides is 4. The summed E-state index contributed by atoms with van der Waals surface area (Å²) in [5.41, 5.74) is -2.27. The monoisotopic (exact) mass is 543 g/mol. The van der Waals surface area contributed by atoms with Gasteiger partial charge in [0.1, 0.15) is 11.3 Å². The van der Waals surface area contributed by atoms with Crippen LogP contribution in [0, 0.1) is 10.1 Å². The summed E-state index contributed by atoms with van der Waals surface area (Å²) in [6.45, 7) is 0. The number of nitrogens with one attached hydrogen (secondary N) is 1. The van der Waals surface area contributed by atoms with Crippen molar-refractivity contribution in [3.63, 3.8) is 0 Å². The van der Waals surface area contributed by atoms with E-state index in [-0.39, 0.29) is 28.5 Å². The van der Waals surface area contributed by atoms with Gasteiger partial charge in [0, 0.05) is 6.07 Å². The van der Waals surface area contributed by atoms with E-state index in [9.17, 15) is 42.8 Å². The standard InChI is InChI=1S/C25H16F3N3O8/c1-38-21-11-13(2-8-20(21)39-19-9-3-14(25(26,27)28)12-18(19)31(36)37)10-17-22(33)29-24(35)30(23(17)34)15-4-6-16(32)7-5-15/h2-12,32H,1H3,(H,29,33,35)/b17-10+. The quantitative estimate of drug-likeness (QED) is 0.195. The minimum Gasteiger partial charge on any atom is -0.508 e. The van der Waals surface area contributed by atoms with Crippen molar-refractivity contribution in [1.82, 2.24) is 5.32 Å². The molecule has 0 aromatic heterocycles. The van der Waals surface area contributed by atoms with Crippen molar-refractivity contribution in [2.45, 2.75) is 6.18 Å². The maximum atomic E-state index is 13.0. The summed E-state index contributed by atoms with van der Waals surface area (Å²) >= 11 is 0. The predicted molar refractivity (Wildman–Crippen MR) is 128 cm³/mol. The fourth-order valence-electron chi connectivity index (χ4n) is 3.56. The number of carbonyl (C=O) groups excluding carboxylic acids is 3. The highest BCUT2D eigenvalue weighted by Crippen LogP contribution is 2.40. The van der Waals surface area contributed by atoms with Crippen molar-refractivity contribution in [3.05, 3.63) is 87.5 Å². The Labute approximate surface area is 216 Å². The van der Waals surface area contributed by atoms with Crippen LogP contribution >= 0.6 is 0 Å². The molecule has 3 aromatic rings. The molecule has 0 unspecified atom stereocenters. The summed E-state index contributed by atoms with van der Waals surface area (Å²) in [5, 5.41) is 22.9. The molecule has 1 aliphatic rings. The highest BCUT2D eigenvalue weighted by Gasteiger charge is 2.37. The number of alkyl halides is 3. The Balaban J connectivity index is 1.66. The lowest BCUT2D eigenvalue weighted by molar-refractivity contribution is -0.385. The number of imide groups is 2. The van der Waals surface area contributed by atoms with Crippen LogP contribution in [0.3, 0.4) is 0 Å². The van der Waals surface area contributed by atoms with Gasteiger partial charge in [0.05, 0.1) is 23.3 Å². The molecule has 1 aliphatic heterocycles. The van der Waals surface area contributed by atoms with Gasteiger partial charge < -0.3 is 14.6 Å². The Morgan fingerprint density at radius 1 is 0.974 bits per heavy atom. The van der Waals surface area contributed by atoms with Gasteiger partial charge in [-0.2, -0.15) is 13.2 Å². The van der Waals surface area contributed by atoms with Gasteiger partial charge in [-0.1, -0.05) is 6.07 Å². The molecule has 14 heteroatoms. The lowest BCUT2D eigenvalue weighted by Crippen LogP contribution is -2.54. The van der Waals surface area contributed by atoms with Crippen molar-refractivity contribution in [2.24, 2.45) is 0 Å². The number of benzene rings is 3. The molecule has 0 spiro atoms. The number of nitro benzene ring substituents is 1. The summed E-state index contributed by atoms with van der Waals surface area (Å²) in [4.78, 5) is 48.8. The molecule has 0 aliphatic carbocycles. The number of halogens is 3. The number of anilines is 1. The third kappa shape index (κ3) is 5.49. The van der Waals surface area contributed by atoms with Gasteiger partial charge in [-0.3, -0.25) is 25.0 Å². The highest BCUT2D eigenvalue weighted by atomic mass is 19.4. The van der Waals surface area contributed by atoms with Crippen LogP contribution in [-0.2, 0) is 15.8 Å². The first-order chi connectivity index (χ1) is 18.4. The first-order valence-electron chi connectivity index (χ1n) is 10.8. The van der Waals surface area contributed by atoms with Crippen molar-refractivity contribution in [1.29, 1.82) is 0 Å². The fourth-order valence-corrected chi connectivity index (χ4v) is 3.56. The smallest absolute Gasteiger partial charge is 0.416 e. The van der Waals surface area contributed by atoms with Crippen LogP contribution in [0.4, 0.5) is 29.3 Å². The van der Waals surface area contributed by atoms with Crippen LogP contribution in [0.5, 0.6) is 23.0 Å². The lowest BCUT2D eigenvalue weighted by atomic mass is 10.1. The number of methoxy groups -OCH3 is 1. The van der Waals surface area contributed by atoms with Gasteiger partial charge >= 0.3 is 17.9 Å². The minimum atomic E-state index is -4.80. The van der Waals surface area contributed by atoms with Gasteiger partial charge in [0.25, 0.3) is 11.8 Å². The van der Waals surface area contributed by atoms with E-state index in [4.69, 9.17) is 9.47 Å². The maximum Gasteiger partial charge on any atom is 0.416 e. The number of ether oxygens (including phenoxy) is 2. The molecular weight excluding hydrogens is 527 g/mol. The van der Waals surface area contributed by atoms with Crippen molar-refractivity contribution < 1.29 is 47.1 Å². The Hall–Kier alpha value is -5.40. The molecule has 1 heterocycles. The normalized spacial score (nSPS) is 14.8. The largest absolute Gasteiger partial charge is 0.508 e. The van der Waals surface area contributed by atoms with E-state index in [0.717, 1.165) is 12.1 Å². The zero-order valence-electron chi connectivity index (χ0n) is 19.7. The molecule has 0 atom stereocenters. The number of phenolic OH excluding ortho intramolecular Hbond substituents is 1. The van der Waals surface area contributed by atoms with Crippen molar-refractivity contribution in [2.75, 3.05) is 12.0 Å². The molecule has 11 nitrogen and oxygen atoms in total. The Bertz CT molecular complexity index is 1530. The summed E-state index contributed by atoms with van der Waals surface area (Å²) in [6.07, 6.45) is -3.65. The van der Waals surface area contributed by atoms with E-state index in [1.54, 1.807) is 0 Å². The number of barbiturate groups is 1. The number of hydrogen-bond donors (Lipinski definition) is 2. The Morgan fingerprint density at radius 3 is 2.26 bits per heavy atom. The number of nitro groups is 1. The average molecular weight is 543 g/mol. The van der Waals surface area contributed by atoms with E-state index >= 15 is 0 Å². The molecule has 0 bridgehead atoms. The molecular formula is C25H16F3N3O8. The summed E-state index contributed by atoms with van der Waals surface area (Å²) < 4.78 is 49.6. The van der Waals surface area contributed by atoms with Crippen LogP contribution in [0.2, 0.25) is 0 Å². The van der Waals surface area contributed by atoms with Crippen LogP contribution in [0.15, 0.2) is 66.2 Å². The van der Waals surface area contributed by atoms with Crippen LogP contribution < -0.4 is 19.7 Å². The molecule has 39 heavy (non-hydrogen) atoms. The third-order valence-corrected chi connectivity index (χ3v) is 5.41. The molecule has 2 N–H and O–H groups in total. The summed E-state index contributed by atoms with van der Waals surface area (Å²) in [5.74, 6) is -2.65. The third-order valence-electron chi connectivity index (χ3n) is 5.41. The highest BCUT2D eigenvalue weighted by molar-refractivity contribution is 6.39. The maximum absolute atomic E-state index is 13.0. The molecule has 1 fully saturated rings. The Morgan fingerprint density at radius 2 is 1.64 bits per heavy atom. The molecule has 4 rings (SSSR count). The van der Waals surface area contributed by atoms with Gasteiger partial charge in [-0.05, 0) is 60.2 Å². The van der Waals surface area contributed by atoms with Crippen LogP contribution in [0.25, 0.3) is 6.08 Å². The number of nitrogens with zero attached hydrogens (tertiary/aromatic N) is 2. The lowest BCUT2D eigenvalue weighted by Gasteiger charge is -2.26. The van der Waals surface area contributed by atoms with E-state index in [2.05, 4.69) is 0 Å². The predicted octanol–water partition coefficient (Wildman–Crippen LogP) is 4.79. The van der Waals surface area contributed by atoms with Gasteiger partial charge in [0.2, 0.25) is 5.75 Å². The number of urea groups is 1. The first kappa shape index (κ1) is 26.7. The van der Waals surface area contributed by atoms with Gasteiger partial charge in [0.15, 0.2) is 11.5 Å². The molecule has 0 saturated carbocycles. The van der Waals surface area contributed by atoms with Crippen molar-refractivity contribution in [3.8, 4) is 23.0 Å². The second-order valence-corrected chi connectivity index (χ2v) is 7.92. The van der Waals surface area contributed by atoms with E-state index in [1.807, 2.05) is 5.32 Å². The first-order valence-corrected chi connectivity index (χ1v) is 10.8. The number of hydrogen-bond acceptors (Lipinski definition) is 8. The van der Waals surface area contributed by atoms with E-state index in [1.165, 1.54) is 49.6 Å². The molecule has 200 valence electrons. The molecule has 3 aromatic carbocycles. The number of aromatic hydroxyl groups is 1. The van der Waals surface area contributed by atoms with Gasteiger partial charge in [-0.25, -0.2) is 9.69 Å². The summed E-state index contributed by atoms with van der Waals surface area (Å²) in [6, 6.07) is 9.80. The molecule has 4 amide bonds. The second kappa shape index (κ2) is 10.2. The van der Waals surface area contributed by atoms with E-state index in [0.29, 0.717) is 17.0 Å².